The Balaban J connectivity index is 2.12. The maximum atomic E-state index is 12.0. The monoisotopic (exact) mass is 335 g/mol. The van der Waals surface area contributed by atoms with Crippen molar-refractivity contribution < 1.29 is 4.79 Å². The molecule has 1 aromatic heterocycles. The average Bonchev–Trinajstić information content (AvgIpc) is 2.83. The zero-order chi connectivity index (χ0) is 15.9. The van der Waals surface area contributed by atoms with Crippen molar-refractivity contribution in [2.75, 3.05) is 12.8 Å². The number of hydrogen-bond acceptors (Lipinski definition) is 6. The van der Waals surface area contributed by atoms with Gasteiger partial charge in [0.25, 0.3) is 0 Å². The topological polar surface area (TPSA) is 107 Å². The number of nitrogens with two attached hydrogens (primary N) is 2. The molecule has 2 unspecified atom stereocenters. The molecule has 0 saturated carbocycles. The van der Waals surface area contributed by atoms with E-state index in [1.807, 2.05) is 12.1 Å². The van der Waals surface area contributed by atoms with Crippen molar-refractivity contribution in [2.24, 2.45) is 5.73 Å². The summed E-state index contributed by atoms with van der Waals surface area (Å²) in [5.74, 6) is 0.0112. The molecule has 2 aromatic rings. The predicted octanol–water partition coefficient (Wildman–Crippen LogP) is 1.60. The lowest BCUT2D eigenvalue weighted by atomic mass is 9.99. The fraction of sp³-hybridized carbons (Fsp3) is 0.214. The van der Waals surface area contributed by atoms with Crippen molar-refractivity contribution in [1.29, 1.82) is 0 Å². The van der Waals surface area contributed by atoms with Gasteiger partial charge >= 0.3 is 0 Å². The number of amides is 1. The number of benzene rings is 1. The molecule has 3 rings (SSSR count). The number of fused-ring (bicyclic) bond motifs is 1. The van der Waals surface area contributed by atoms with Gasteiger partial charge in [0.05, 0.1) is 11.7 Å². The van der Waals surface area contributed by atoms with E-state index in [2.05, 4.69) is 15.3 Å². The third-order valence-electron chi connectivity index (χ3n) is 3.45. The first-order valence-corrected chi connectivity index (χ1v) is 7.84. The number of aromatic nitrogens is 2. The van der Waals surface area contributed by atoms with E-state index < -0.39 is 11.3 Å². The first kappa shape index (κ1) is 15.1. The van der Waals surface area contributed by atoms with Gasteiger partial charge < -0.3 is 16.8 Å². The SMILES string of the molecule is CNC(=O)C1Sc2nc(N)nc(-c3ccc(Cl)cc3)c2C1N. The molecule has 0 fully saturated rings. The molecular formula is C14H14ClN5OS. The normalized spacial score (nSPS) is 19.8. The Morgan fingerprint density at radius 2 is 2.00 bits per heavy atom. The summed E-state index contributed by atoms with van der Waals surface area (Å²) in [5.41, 5.74) is 14.3. The minimum Gasteiger partial charge on any atom is -0.368 e. The summed E-state index contributed by atoms with van der Waals surface area (Å²) in [6, 6.07) is 6.73. The van der Waals surface area contributed by atoms with Crippen LogP contribution in [0.5, 0.6) is 0 Å². The molecule has 0 bridgehead atoms. The fourth-order valence-electron chi connectivity index (χ4n) is 2.39. The number of anilines is 1. The third-order valence-corrected chi connectivity index (χ3v) is 5.00. The summed E-state index contributed by atoms with van der Waals surface area (Å²) in [6.45, 7) is 0. The fourth-order valence-corrected chi connectivity index (χ4v) is 3.77. The summed E-state index contributed by atoms with van der Waals surface area (Å²) in [4.78, 5) is 20.5. The summed E-state index contributed by atoms with van der Waals surface area (Å²) < 4.78 is 0. The molecule has 0 saturated heterocycles. The lowest BCUT2D eigenvalue weighted by Crippen LogP contribution is -2.35. The Morgan fingerprint density at radius 1 is 1.32 bits per heavy atom. The smallest absolute Gasteiger partial charge is 0.235 e. The molecular weight excluding hydrogens is 322 g/mol. The summed E-state index contributed by atoms with van der Waals surface area (Å²) >= 11 is 7.23. The number of rotatable bonds is 2. The first-order chi connectivity index (χ1) is 10.5. The minimum absolute atomic E-state index is 0.142. The van der Waals surface area contributed by atoms with Crippen molar-refractivity contribution >= 4 is 35.2 Å². The zero-order valence-corrected chi connectivity index (χ0v) is 13.3. The molecule has 0 spiro atoms. The zero-order valence-electron chi connectivity index (χ0n) is 11.7. The van der Waals surface area contributed by atoms with Gasteiger partial charge in [-0.1, -0.05) is 35.5 Å². The van der Waals surface area contributed by atoms with Crippen LogP contribution in [0, 0.1) is 0 Å². The van der Waals surface area contributed by atoms with Gasteiger partial charge in [0, 0.05) is 23.2 Å². The van der Waals surface area contributed by atoms with E-state index in [4.69, 9.17) is 23.1 Å². The van der Waals surface area contributed by atoms with Gasteiger partial charge in [0.2, 0.25) is 11.9 Å². The number of nitrogens with zero attached hydrogens (tertiary/aromatic N) is 2. The van der Waals surface area contributed by atoms with Gasteiger partial charge in [0.1, 0.15) is 10.3 Å². The van der Waals surface area contributed by atoms with Gasteiger partial charge in [0.15, 0.2) is 0 Å². The largest absolute Gasteiger partial charge is 0.368 e. The predicted molar refractivity (Wildman–Crippen MR) is 87.5 cm³/mol. The maximum absolute atomic E-state index is 12.0. The Morgan fingerprint density at radius 3 is 2.64 bits per heavy atom. The van der Waals surface area contributed by atoms with Crippen LogP contribution in [0.4, 0.5) is 5.95 Å². The molecule has 8 heteroatoms. The summed E-state index contributed by atoms with van der Waals surface area (Å²) in [5, 5.41) is 3.45. The van der Waals surface area contributed by atoms with Crippen LogP contribution in [-0.2, 0) is 4.79 Å². The van der Waals surface area contributed by atoms with Crippen molar-refractivity contribution in [3.63, 3.8) is 0 Å². The number of carbonyl (C=O) groups excluding carboxylic acids is 1. The highest BCUT2D eigenvalue weighted by Gasteiger charge is 2.39. The highest BCUT2D eigenvalue weighted by Crippen LogP contribution is 2.45. The summed E-state index contributed by atoms with van der Waals surface area (Å²) in [7, 11) is 1.58. The quantitative estimate of drug-likeness (QED) is 0.720. The lowest BCUT2D eigenvalue weighted by Gasteiger charge is -2.15. The number of hydrogen-bond donors (Lipinski definition) is 3. The number of carbonyl (C=O) groups is 1. The molecule has 2 atom stereocenters. The van der Waals surface area contributed by atoms with Gasteiger partial charge in [-0.25, -0.2) is 9.97 Å². The molecule has 2 heterocycles. The minimum atomic E-state index is -0.494. The number of thioether (sulfide) groups is 1. The maximum Gasteiger partial charge on any atom is 0.235 e. The Bertz CT molecular complexity index is 737. The molecule has 114 valence electrons. The van der Waals surface area contributed by atoms with Crippen LogP contribution in [0.2, 0.25) is 5.02 Å². The molecule has 1 amide bonds. The van der Waals surface area contributed by atoms with Crippen LogP contribution in [0.25, 0.3) is 11.3 Å². The van der Waals surface area contributed by atoms with Crippen LogP contribution in [0.3, 0.4) is 0 Å². The Hall–Kier alpha value is -1.83. The highest BCUT2D eigenvalue weighted by atomic mass is 35.5. The number of halogens is 1. The van der Waals surface area contributed by atoms with Crippen LogP contribution >= 0.6 is 23.4 Å². The van der Waals surface area contributed by atoms with Crippen molar-refractivity contribution in [1.82, 2.24) is 15.3 Å². The van der Waals surface area contributed by atoms with E-state index in [0.717, 1.165) is 11.1 Å². The second kappa shape index (κ2) is 5.75. The third kappa shape index (κ3) is 2.51. The molecule has 22 heavy (non-hydrogen) atoms. The van der Waals surface area contributed by atoms with Crippen molar-refractivity contribution in [2.45, 2.75) is 16.3 Å². The molecule has 5 N–H and O–H groups in total. The second-order valence-electron chi connectivity index (χ2n) is 4.83. The van der Waals surface area contributed by atoms with Crippen LogP contribution in [0.1, 0.15) is 11.6 Å². The molecule has 1 aliphatic rings. The molecule has 0 aliphatic carbocycles. The van der Waals surface area contributed by atoms with Gasteiger partial charge in [-0.2, -0.15) is 0 Å². The Labute approximate surface area is 136 Å². The van der Waals surface area contributed by atoms with Crippen LogP contribution < -0.4 is 16.8 Å². The van der Waals surface area contributed by atoms with Gasteiger partial charge in [-0.05, 0) is 12.1 Å². The lowest BCUT2D eigenvalue weighted by molar-refractivity contribution is -0.120. The van der Waals surface area contributed by atoms with Crippen LogP contribution in [-0.4, -0.2) is 28.2 Å². The van der Waals surface area contributed by atoms with E-state index >= 15 is 0 Å². The average molecular weight is 336 g/mol. The molecule has 6 nitrogen and oxygen atoms in total. The van der Waals surface area contributed by atoms with Crippen molar-refractivity contribution in [3.05, 3.63) is 34.9 Å². The van der Waals surface area contributed by atoms with Crippen molar-refractivity contribution in [3.8, 4) is 11.3 Å². The van der Waals surface area contributed by atoms with Gasteiger partial charge in [-0.3, -0.25) is 4.79 Å². The van der Waals surface area contributed by atoms with Gasteiger partial charge in [-0.15, -0.1) is 0 Å². The second-order valence-corrected chi connectivity index (χ2v) is 6.40. The molecule has 1 aromatic carbocycles. The molecule has 0 radical (unpaired) electrons. The van der Waals surface area contributed by atoms with E-state index in [1.165, 1.54) is 11.8 Å². The Kier molecular flexibility index (Phi) is 3.94. The molecule has 1 aliphatic heterocycles. The number of nitrogen functional groups attached to an aromatic ring is 1. The standard InChI is InChI=1S/C14H14ClN5OS/c1-18-12(21)11-9(16)8-10(6-2-4-7(15)5-3-6)19-14(17)20-13(8)22-11/h2-5,9,11H,16H2,1H3,(H,18,21)(H2,17,19,20). The van der Waals surface area contributed by atoms with E-state index in [9.17, 15) is 4.79 Å². The highest BCUT2D eigenvalue weighted by molar-refractivity contribution is 8.01. The first-order valence-electron chi connectivity index (χ1n) is 6.58. The summed E-state index contributed by atoms with van der Waals surface area (Å²) in [6.07, 6.45) is 0. The number of nitrogens with one attached hydrogen (secondary N) is 1. The van der Waals surface area contributed by atoms with E-state index in [-0.39, 0.29) is 11.9 Å². The van der Waals surface area contributed by atoms with E-state index in [1.54, 1.807) is 19.2 Å². The van der Waals surface area contributed by atoms with E-state index in [0.29, 0.717) is 15.7 Å². The van der Waals surface area contributed by atoms with Crippen LogP contribution in [0.15, 0.2) is 29.3 Å².